The van der Waals surface area contributed by atoms with Gasteiger partial charge in [0.05, 0.1) is 18.6 Å². The van der Waals surface area contributed by atoms with Gasteiger partial charge in [-0.1, -0.05) is 86.0 Å². The SMILES string of the molecule is C=CC(=O)OC(C)CCOc1ccc(C2(c3ccc(OCCC(C)OC(=O)C=C)cc3)c3ccccc3-c3ccccc32)cc1. The molecule has 0 bridgehead atoms. The van der Waals surface area contributed by atoms with Crippen molar-refractivity contribution in [1.29, 1.82) is 0 Å². The zero-order valence-electron chi connectivity index (χ0n) is 25.7. The average Bonchev–Trinajstić information content (AvgIpc) is 3.36. The second-order valence-corrected chi connectivity index (χ2v) is 11.1. The first-order chi connectivity index (χ1) is 21.9. The van der Waals surface area contributed by atoms with Crippen molar-refractivity contribution in [2.24, 2.45) is 0 Å². The number of benzene rings is 4. The summed E-state index contributed by atoms with van der Waals surface area (Å²) in [4.78, 5) is 22.9. The maximum Gasteiger partial charge on any atom is 0.330 e. The maximum absolute atomic E-state index is 11.5. The van der Waals surface area contributed by atoms with Crippen LogP contribution in [0.5, 0.6) is 11.5 Å². The number of carbonyl (C=O) groups excluding carboxylic acids is 2. The Labute approximate surface area is 264 Å². The van der Waals surface area contributed by atoms with Crippen LogP contribution in [0.2, 0.25) is 0 Å². The van der Waals surface area contributed by atoms with Crippen molar-refractivity contribution in [3.63, 3.8) is 0 Å². The number of hydrogen-bond donors (Lipinski definition) is 0. The molecule has 4 aromatic carbocycles. The molecule has 5 rings (SSSR count). The molecule has 1 aliphatic carbocycles. The standard InChI is InChI=1S/C39H38O6/c1-5-37(40)44-27(3)23-25-42-31-19-15-29(16-20-31)39(35-13-9-7-11-33(35)34-12-8-10-14-36(34)39)30-17-21-32(22-18-30)43-26-24-28(4)45-38(41)6-2/h5-22,27-28H,1-2,23-26H2,3-4H3. The van der Waals surface area contributed by atoms with Crippen molar-refractivity contribution in [2.45, 2.75) is 44.3 Å². The van der Waals surface area contributed by atoms with Crippen LogP contribution in [0, 0.1) is 0 Å². The lowest BCUT2D eigenvalue weighted by atomic mass is 9.68. The lowest BCUT2D eigenvalue weighted by molar-refractivity contribution is -0.143. The van der Waals surface area contributed by atoms with Gasteiger partial charge in [-0.2, -0.15) is 0 Å². The van der Waals surface area contributed by atoms with Crippen LogP contribution in [0.25, 0.3) is 11.1 Å². The van der Waals surface area contributed by atoms with Crippen molar-refractivity contribution >= 4 is 11.9 Å². The quantitative estimate of drug-likeness (QED) is 0.0953. The zero-order valence-corrected chi connectivity index (χ0v) is 25.7. The van der Waals surface area contributed by atoms with Crippen LogP contribution in [0.15, 0.2) is 122 Å². The number of fused-ring (bicyclic) bond motifs is 3. The number of carbonyl (C=O) groups is 2. The lowest BCUT2D eigenvalue weighted by Gasteiger charge is -2.34. The molecule has 6 nitrogen and oxygen atoms in total. The molecule has 0 radical (unpaired) electrons. The second-order valence-electron chi connectivity index (χ2n) is 11.1. The second kappa shape index (κ2) is 14.1. The third-order valence-electron chi connectivity index (χ3n) is 8.08. The monoisotopic (exact) mass is 602 g/mol. The molecule has 1 aliphatic rings. The lowest BCUT2D eigenvalue weighted by Crippen LogP contribution is -2.28. The van der Waals surface area contributed by atoms with Gasteiger partial charge in [0.25, 0.3) is 0 Å². The van der Waals surface area contributed by atoms with E-state index in [4.69, 9.17) is 18.9 Å². The number of hydrogen-bond acceptors (Lipinski definition) is 6. The van der Waals surface area contributed by atoms with E-state index in [1.54, 1.807) is 0 Å². The molecule has 0 aromatic heterocycles. The Bertz CT molecular complexity index is 1530. The number of rotatable bonds is 14. The molecule has 0 N–H and O–H groups in total. The Morgan fingerprint density at radius 1 is 0.622 bits per heavy atom. The molecular weight excluding hydrogens is 564 g/mol. The molecule has 0 saturated carbocycles. The molecule has 2 unspecified atom stereocenters. The van der Waals surface area contributed by atoms with E-state index < -0.39 is 17.4 Å². The zero-order chi connectivity index (χ0) is 31.8. The minimum atomic E-state index is -0.551. The topological polar surface area (TPSA) is 71.1 Å². The Morgan fingerprint density at radius 3 is 1.38 bits per heavy atom. The minimum Gasteiger partial charge on any atom is -0.493 e. The van der Waals surface area contributed by atoms with Crippen molar-refractivity contribution in [3.05, 3.63) is 145 Å². The minimum absolute atomic E-state index is 0.269. The van der Waals surface area contributed by atoms with E-state index in [0.29, 0.717) is 26.1 Å². The highest BCUT2D eigenvalue weighted by molar-refractivity contribution is 5.86. The van der Waals surface area contributed by atoms with Crippen molar-refractivity contribution < 1.29 is 28.5 Å². The summed E-state index contributed by atoms with van der Waals surface area (Å²) >= 11 is 0. The number of ether oxygens (including phenoxy) is 4. The summed E-state index contributed by atoms with van der Waals surface area (Å²) in [6, 6.07) is 33.7. The largest absolute Gasteiger partial charge is 0.493 e. The summed E-state index contributed by atoms with van der Waals surface area (Å²) < 4.78 is 22.5. The van der Waals surface area contributed by atoms with E-state index in [9.17, 15) is 9.59 Å². The highest BCUT2D eigenvalue weighted by atomic mass is 16.5. The first-order valence-corrected chi connectivity index (χ1v) is 15.2. The highest BCUT2D eigenvalue weighted by Gasteiger charge is 2.45. The van der Waals surface area contributed by atoms with Crippen LogP contribution in [-0.4, -0.2) is 37.4 Å². The van der Waals surface area contributed by atoms with Gasteiger partial charge in [0.1, 0.15) is 23.7 Å². The Morgan fingerprint density at radius 2 is 1.00 bits per heavy atom. The molecule has 6 heteroatoms. The smallest absolute Gasteiger partial charge is 0.330 e. The fraction of sp³-hybridized carbons (Fsp3) is 0.231. The molecule has 0 saturated heterocycles. The van der Waals surface area contributed by atoms with Gasteiger partial charge < -0.3 is 18.9 Å². The summed E-state index contributed by atoms with van der Waals surface area (Å²) in [6.45, 7) is 11.4. The van der Waals surface area contributed by atoms with Crippen LogP contribution in [0.1, 0.15) is 48.9 Å². The van der Waals surface area contributed by atoms with Gasteiger partial charge in [-0.3, -0.25) is 0 Å². The molecule has 0 amide bonds. The molecule has 230 valence electrons. The Kier molecular flexibility index (Phi) is 9.83. The van der Waals surface area contributed by atoms with Crippen molar-refractivity contribution in [2.75, 3.05) is 13.2 Å². The van der Waals surface area contributed by atoms with Gasteiger partial charge in [-0.25, -0.2) is 9.59 Å². The first-order valence-electron chi connectivity index (χ1n) is 15.2. The molecule has 4 aromatic rings. The normalized spacial score (nSPS) is 13.8. The predicted molar refractivity (Wildman–Crippen MR) is 175 cm³/mol. The van der Waals surface area contributed by atoms with Crippen LogP contribution >= 0.6 is 0 Å². The molecule has 45 heavy (non-hydrogen) atoms. The summed E-state index contributed by atoms with van der Waals surface area (Å²) in [5, 5.41) is 0. The van der Waals surface area contributed by atoms with Crippen molar-refractivity contribution in [1.82, 2.24) is 0 Å². The average molecular weight is 603 g/mol. The molecule has 2 atom stereocenters. The van der Waals surface area contributed by atoms with E-state index in [1.165, 1.54) is 34.4 Å². The van der Waals surface area contributed by atoms with Crippen LogP contribution in [0.3, 0.4) is 0 Å². The fourth-order valence-corrected chi connectivity index (χ4v) is 5.92. The van der Waals surface area contributed by atoms with Gasteiger partial charge in [-0.05, 0) is 71.5 Å². The van der Waals surface area contributed by atoms with Gasteiger partial charge in [0, 0.05) is 25.0 Å². The summed E-state index contributed by atoms with van der Waals surface area (Å²) in [7, 11) is 0. The molecule has 0 aliphatic heterocycles. The first kappa shape index (κ1) is 31.3. The van der Waals surface area contributed by atoms with E-state index >= 15 is 0 Å². The third kappa shape index (κ3) is 6.70. The van der Waals surface area contributed by atoms with Crippen LogP contribution in [0.4, 0.5) is 0 Å². The Balaban J connectivity index is 1.42. The summed E-state index contributed by atoms with van der Waals surface area (Å²) in [5.41, 5.74) is 6.53. The maximum atomic E-state index is 11.5. The van der Waals surface area contributed by atoms with E-state index in [-0.39, 0.29) is 12.2 Å². The molecule has 0 fully saturated rings. The van der Waals surface area contributed by atoms with E-state index in [1.807, 2.05) is 38.1 Å². The molecule has 0 spiro atoms. The van der Waals surface area contributed by atoms with Crippen LogP contribution < -0.4 is 9.47 Å². The molecule has 0 heterocycles. The van der Waals surface area contributed by atoms with Gasteiger partial charge in [0.2, 0.25) is 0 Å². The fourth-order valence-electron chi connectivity index (χ4n) is 5.92. The summed E-state index contributed by atoms with van der Waals surface area (Å²) in [5.74, 6) is 0.616. The number of esters is 2. The Hall–Kier alpha value is -5.10. The van der Waals surface area contributed by atoms with Gasteiger partial charge >= 0.3 is 11.9 Å². The predicted octanol–water partition coefficient (Wildman–Crippen LogP) is 7.82. The molecular formula is C39H38O6. The van der Waals surface area contributed by atoms with E-state index in [0.717, 1.165) is 22.6 Å². The van der Waals surface area contributed by atoms with Gasteiger partial charge in [0.15, 0.2) is 0 Å². The highest BCUT2D eigenvalue weighted by Crippen LogP contribution is 2.56. The van der Waals surface area contributed by atoms with Gasteiger partial charge in [-0.15, -0.1) is 0 Å². The van der Waals surface area contributed by atoms with E-state index in [2.05, 4.69) is 86.0 Å². The van der Waals surface area contributed by atoms with Crippen LogP contribution in [-0.2, 0) is 24.5 Å². The third-order valence-corrected chi connectivity index (χ3v) is 8.08. The summed E-state index contributed by atoms with van der Waals surface area (Å²) in [6.07, 6.45) is 2.93. The van der Waals surface area contributed by atoms with Crippen molar-refractivity contribution in [3.8, 4) is 22.6 Å².